The fraction of sp³-hybridized carbons (Fsp3) is 0.962. The summed E-state index contributed by atoms with van der Waals surface area (Å²) >= 11 is 0. The number of hydrogen-bond donors (Lipinski definition) is 2. The maximum atomic E-state index is 10.2. The summed E-state index contributed by atoms with van der Waals surface area (Å²) in [5, 5.41) is 18.2. The number of unbranched alkanes of at least 4 members (excludes halogenated alkanes) is 11. The Morgan fingerprint density at radius 2 is 1.10 bits per heavy atom. The Bertz CT molecular complexity index is 333. The largest absolute Gasteiger partial charge is 0.481 e. The van der Waals surface area contributed by atoms with Gasteiger partial charge in [0.1, 0.15) is 0 Å². The van der Waals surface area contributed by atoms with Crippen molar-refractivity contribution in [3.8, 4) is 0 Å². The monoisotopic (exact) mass is 414 g/mol. The number of aliphatic carboxylic acids is 1. The third-order valence-corrected chi connectivity index (χ3v) is 5.35. The SMILES string of the molecule is CC(C)(C)CCCCCC(=O)O.CCCCCCCCCC(O)CCCCCC. The lowest BCUT2D eigenvalue weighted by Gasteiger charge is -2.17. The zero-order valence-electron chi connectivity index (χ0n) is 20.6. The molecule has 0 aliphatic heterocycles. The van der Waals surface area contributed by atoms with Crippen molar-refractivity contribution in [3.63, 3.8) is 0 Å². The van der Waals surface area contributed by atoms with Crippen LogP contribution in [0, 0.1) is 5.41 Å². The topological polar surface area (TPSA) is 57.5 Å². The lowest BCUT2D eigenvalue weighted by Crippen LogP contribution is -2.05. The molecule has 3 heteroatoms. The number of aliphatic hydroxyl groups excluding tert-OH is 1. The van der Waals surface area contributed by atoms with Gasteiger partial charge < -0.3 is 10.2 Å². The molecule has 0 aliphatic rings. The molecule has 0 saturated heterocycles. The molecule has 0 spiro atoms. The van der Waals surface area contributed by atoms with Gasteiger partial charge in [-0.3, -0.25) is 4.79 Å². The van der Waals surface area contributed by atoms with Gasteiger partial charge in [0.25, 0.3) is 0 Å². The summed E-state index contributed by atoms with van der Waals surface area (Å²) in [7, 11) is 0. The van der Waals surface area contributed by atoms with Crippen LogP contribution >= 0.6 is 0 Å². The van der Waals surface area contributed by atoms with E-state index in [0.717, 1.165) is 32.1 Å². The first-order chi connectivity index (χ1) is 13.7. The van der Waals surface area contributed by atoms with Gasteiger partial charge in [0.2, 0.25) is 0 Å². The van der Waals surface area contributed by atoms with Crippen LogP contribution in [0.4, 0.5) is 0 Å². The zero-order chi connectivity index (χ0) is 22.4. The van der Waals surface area contributed by atoms with Gasteiger partial charge in [0.05, 0.1) is 6.10 Å². The molecule has 29 heavy (non-hydrogen) atoms. The second-order valence-electron chi connectivity index (χ2n) is 9.93. The van der Waals surface area contributed by atoms with E-state index in [1.54, 1.807) is 0 Å². The van der Waals surface area contributed by atoms with Crippen molar-refractivity contribution < 1.29 is 15.0 Å². The van der Waals surface area contributed by atoms with Gasteiger partial charge in [0.15, 0.2) is 0 Å². The standard InChI is InChI=1S/C16H34O.C10H20O2/c1-3-5-7-9-10-11-13-15-16(17)14-12-8-6-4-2;1-10(2,3)8-6-4-5-7-9(11)12/h16-17H,3-15H2,1-2H3;4-8H2,1-3H3,(H,11,12). The van der Waals surface area contributed by atoms with Gasteiger partial charge in [0, 0.05) is 6.42 Å². The van der Waals surface area contributed by atoms with Gasteiger partial charge in [-0.2, -0.15) is 0 Å². The Morgan fingerprint density at radius 1 is 0.690 bits per heavy atom. The summed E-state index contributed by atoms with van der Waals surface area (Å²) < 4.78 is 0. The minimum absolute atomic E-state index is 0.0255. The van der Waals surface area contributed by atoms with E-state index >= 15 is 0 Å². The number of hydrogen-bond acceptors (Lipinski definition) is 2. The average Bonchev–Trinajstić information content (AvgIpc) is 2.63. The molecule has 0 heterocycles. The minimum Gasteiger partial charge on any atom is -0.481 e. The zero-order valence-corrected chi connectivity index (χ0v) is 20.6. The van der Waals surface area contributed by atoms with Crippen molar-refractivity contribution in [1.29, 1.82) is 0 Å². The Balaban J connectivity index is 0. The fourth-order valence-corrected chi connectivity index (χ4v) is 3.40. The minimum atomic E-state index is -0.675. The first kappa shape index (κ1) is 30.6. The number of carboxylic acid groups (broad SMARTS) is 1. The normalized spacial score (nSPS) is 12.3. The van der Waals surface area contributed by atoms with Crippen LogP contribution in [0.25, 0.3) is 0 Å². The van der Waals surface area contributed by atoms with E-state index < -0.39 is 5.97 Å². The van der Waals surface area contributed by atoms with Crippen LogP contribution in [0.1, 0.15) is 150 Å². The van der Waals surface area contributed by atoms with Crippen molar-refractivity contribution in [2.75, 3.05) is 0 Å². The number of carbonyl (C=O) groups is 1. The maximum Gasteiger partial charge on any atom is 0.303 e. The molecule has 0 radical (unpaired) electrons. The van der Waals surface area contributed by atoms with E-state index in [2.05, 4.69) is 34.6 Å². The fourth-order valence-electron chi connectivity index (χ4n) is 3.40. The summed E-state index contributed by atoms with van der Waals surface area (Å²) in [6.45, 7) is 11.1. The Labute approximate surface area is 183 Å². The van der Waals surface area contributed by atoms with E-state index in [0.29, 0.717) is 11.8 Å². The summed E-state index contributed by atoms with van der Waals surface area (Å²) in [6, 6.07) is 0. The molecule has 0 saturated carbocycles. The van der Waals surface area contributed by atoms with E-state index in [9.17, 15) is 9.90 Å². The predicted octanol–water partition coefficient (Wildman–Crippen LogP) is 8.53. The molecule has 0 amide bonds. The first-order valence-corrected chi connectivity index (χ1v) is 12.6. The van der Waals surface area contributed by atoms with Gasteiger partial charge in [-0.1, -0.05) is 118 Å². The highest BCUT2D eigenvalue weighted by Gasteiger charge is 2.09. The number of carboxylic acids is 1. The van der Waals surface area contributed by atoms with E-state index in [1.165, 1.54) is 77.0 Å². The maximum absolute atomic E-state index is 10.2. The Kier molecular flexibility index (Phi) is 23.4. The Morgan fingerprint density at radius 3 is 1.55 bits per heavy atom. The van der Waals surface area contributed by atoms with Gasteiger partial charge in [-0.15, -0.1) is 0 Å². The van der Waals surface area contributed by atoms with Crippen LogP contribution in [-0.4, -0.2) is 22.3 Å². The second-order valence-corrected chi connectivity index (χ2v) is 9.93. The highest BCUT2D eigenvalue weighted by Crippen LogP contribution is 2.22. The molecule has 176 valence electrons. The summed E-state index contributed by atoms with van der Waals surface area (Å²) in [5.74, 6) is -0.675. The van der Waals surface area contributed by atoms with Gasteiger partial charge >= 0.3 is 5.97 Å². The highest BCUT2D eigenvalue weighted by molar-refractivity contribution is 5.66. The molecule has 0 aromatic carbocycles. The highest BCUT2D eigenvalue weighted by atomic mass is 16.4. The third-order valence-electron chi connectivity index (χ3n) is 5.35. The number of aliphatic hydroxyl groups is 1. The molecule has 0 bridgehead atoms. The van der Waals surface area contributed by atoms with Crippen LogP contribution in [0.3, 0.4) is 0 Å². The lowest BCUT2D eigenvalue weighted by atomic mass is 9.89. The van der Waals surface area contributed by atoms with Crippen molar-refractivity contribution in [2.24, 2.45) is 5.41 Å². The van der Waals surface area contributed by atoms with Crippen molar-refractivity contribution in [1.82, 2.24) is 0 Å². The molecule has 0 aliphatic carbocycles. The van der Waals surface area contributed by atoms with Crippen molar-refractivity contribution in [2.45, 2.75) is 156 Å². The molecule has 0 aromatic rings. The van der Waals surface area contributed by atoms with E-state index in [4.69, 9.17) is 5.11 Å². The van der Waals surface area contributed by atoms with Crippen molar-refractivity contribution >= 4 is 5.97 Å². The summed E-state index contributed by atoms with van der Waals surface area (Å²) in [6.07, 6.45) is 21.1. The van der Waals surface area contributed by atoms with Crippen molar-refractivity contribution in [3.05, 3.63) is 0 Å². The van der Waals surface area contributed by atoms with Crippen LogP contribution in [0.2, 0.25) is 0 Å². The van der Waals surface area contributed by atoms with Gasteiger partial charge in [-0.25, -0.2) is 0 Å². The average molecular weight is 415 g/mol. The molecule has 2 N–H and O–H groups in total. The first-order valence-electron chi connectivity index (χ1n) is 12.6. The molecule has 0 rings (SSSR count). The van der Waals surface area contributed by atoms with Crippen LogP contribution in [-0.2, 0) is 4.79 Å². The Hall–Kier alpha value is -0.570. The van der Waals surface area contributed by atoms with E-state index in [-0.39, 0.29) is 6.10 Å². The predicted molar refractivity (Wildman–Crippen MR) is 128 cm³/mol. The molecule has 0 aromatic heterocycles. The van der Waals surface area contributed by atoms with Crippen LogP contribution in [0.15, 0.2) is 0 Å². The lowest BCUT2D eigenvalue weighted by molar-refractivity contribution is -0.137. The third kappa shape index (κ3) is 32.3. The van der Waals surface area contributed by atoms with Crippen LogP contribution < -0.4 is 0 Å². The molecule has 0 fully saturated rings. The summed E-state index contributed by atoms with van der Waals surface area (Å²) in [4.78, 5) is 10.2. The second kappa shape index (κ2) is 22.1. The summed E-state index contributed by atoms with van der Waals surface area (Å²) in [5.41, 5.74) is 0.392. The molecule has 1 unspecified atom stereocenters. The molecular weight excluding hydrogens is 360 g/mol. The molecule has 3 nitrogen and oxygen atoms in total. The molecule has 1 atom stereocenters. The van der Waals surface area contributed by atoms with Crippen LogP contribution in [0.5, 0.6) is 0 Å². The quantitative estimate of drug-likeness (QED) is 0.221. The van der Waals surface area contributed by atoms with E-state index in [1.807, 2.05) is 0 Å². The number of rotatable bonds is 18. The molecular formula is C26H54O3. The van der Waals surface area contributed by atoms with Gasteiger partial charge in [-0.05, 0) is 31.1 Å². The smallest absolute Gasteiger partial charge is 0.303 e.